The van der Waals surface area contributed by atoms with Crippen molar-refractivity contribution in [3.05, 3.63) is 24.2 Å². The minimum absolute atomic E-state index is 0.852. The first-order valence-corrected chi connectivity index (χ1v) is 3.38. The highest BCUT2D eigenvalue weighted by molar-refractivity contribution is 5.05. The Kier molecular flexibility index (Phi) is 2.63. The fraction of sp³-hybridized carbons (Fsp3) is 0.333. The molecule has 0 unspecified atom stereocenters. The van der Waals surface area contributed by atoms with Gasteiger partial charge < -0.3 is 4.42 Å². The van der Waals surface area contributed by atoms with Gasteiger partial charge in [-0.25, -0.2) is 0 Å². The smallest absolute Gasteiger partial charge is 0.0934 e. The Morgan fingerprint density at radius 3 is 3.10 bits per heavy atom. The summed E-state index contributed by atoms with van der Waals surface area (Å²) in [6.45, 7) is 0. The molecule has 0 radical (unpaired) electrons. The SMILES string of the molecule is C#CCCCc1ccoc1. The number of unbranched alkanes of at least 4 members (excludes halogenated alkanes) is 1. The van der Waals surface area contributed by atoms with Crippen molar-refractivity contribution >= 4 is 0 Å². The minimum atomic E-state index is 0.852. The number of hydrogen-bond acceptors (Lipinski definition) is 1. The molecule has 52 valence electrons. The lowest BCUT2D eigenvalue weighted by Crippen LogP contribution is -1.79. The molecule has 0 saturated heterocycles. The van der Waals surface area contributed by atoms with E-state index in [1.807, 2.05) is 6.07 Å². The van der Waals surface area contributed by atoms with Crippen LogP contribution in [0.2, 0.25) is 0 Å². The van der Waals surface area contributed by atoms with E-state index in [1.54, 1.807) is 12.5 Å². The first kappa shape index (κ1) is 6.95. The standard InChI is InChI=1S/C9H10O/c1-2-3-4-5-9-6-7-10-8-9/h1,6-8H,3-5H2. The van der Waals surface area contributed by atoms with Crippen molar-refractivity contribution in [1.82, 2.24) is 0 Å². The minimum Gasteiger partial charge on any atom is -0.472 e. The van der Waals surface area contributed by atoms with Crippen LogP contribution in [0.25, 0.3) is 0 Å². The molecule has 0 fully saturated rings. The van der Waals surface area contributed by atoms with Crippen molar-refractivity contribution in [1.29, 1.82) is 0 Å². The molecule has 0 saturated carbocycles. The van der Waals surface area contributed by atoms with Crippen LogP contribution < -0.4 is 0 Å². The Morgan fingerprint density at radius 2 is 2.50 bits per heavy atom. The molecule has 1 aromatic rings. The molecule has 0 aliphatic heterocycles. The molecule has 0 atom stereocenters. The summed E-state index contributed by atoms with van der Waals surface area (Å²) in [5.74, 6) is 2.60. The van der Waals surface area contributed by atoms with Crippen LogP contribution in [-0.2, 0) is 6.42 Å². The second kappa shape index (κ2) is 3.79. The largest absolute Gasteiger partial charge is 0.472 e. The lowest BCUT2D eigenvalue weighted by atomic mass is 10.1. The van der Waals surface area contributed by atoms with E-state index in [0.29, 0.717) is 0 Å². The summed E-state index contributed by atoms with van der Waals surface area (Å²) in [5.41, 5.74) is 1.23. The highest BCUT2D eigenvalue weighted by Crippen LogP contribution is 2.04. The van der Waals surface area contributed by atoms with E-state index >= 15 is 0 Å². The number of rotatable bonds is 3. The van der Waals surface area contributed by atoms with E-state index in [0.717, 1.165) is 19.3 Å². The number of terminal acetylenes is 1. The van der Waals surface area contributed by atoms with Crippen LogP contribution in [0, 0.1) is 12.3 Å². The zero-order valence-electron chi connectivity index (χ0n) is 5.84. The van der Waals surface area contributed by atoms with Gasteiger partial charge in [0.25, 0.3) is 0 Å². The van der Waals surface area contributed by atoms with E-state index in [-0.39, 0.29) is 0 Å². The van der Waals surface area contributed by atoms with Crippen LogP contribution in [0.3, 0.4) is 0 Å². The first-order chi connectivity index (χ1) is 4.93. The van der Waals surface area contributed by atoms with Crippen molar-refractivity contribution in [3.63, 3.8) is 0 Å². The quantitative estimate of drug-likeness (QED) is 0.456. The van der Waals surface area contributed by atoms with Crippen LogP contribution in [0.5, 0.6) is 0 Å². The molecule has 0 N–H and O–H groups in total. The monoisotopic (exact) mass is 134 g/mol. The Balaban J connectivity index is 2.23. The Bertz CT molecular complexity index is 203. The van der Waals surface area contributed by atoms with Crippen molar-refractivity contribution in [2.45, 2.75) is 19.3 Å². The fourth-order valence-electron chi connectivity index (χ4n) is 0.829. The van der Waals surface area contributed by atoms with Crippen molar-refractivity contribution < 1.29 is 4.42 Å². The highest BCUT2D eigenvalue weighted by Gasteiger charge is 1.91. The summed E-state index contributed by atoms with van der Waals surface area (Å²) in [7, 11) is 0. The topological polar surface area (TPSA) is 13.1 Å². The molecule has 0 amide bonds. The number of aryl methyl sites for hydroxylation is 1. The molecule has 1 rings (SSSR count). The summed E-state index contributed by atoms with van der Waals surface area (Å²) >= 11 is 0. The van der Waals surface area contributed by atoms with Crippen molar-refractivity contribution in [2.75, 3.05) is 0 Å². The predicted octanol–water partition coefficient (Wildman–Crippen LogP) is 2.24. The van der Waals surface area contributed by atoms with Crippen LogP contribution in [0.4, 0.5) is 0 Å². The highest BCUT2D eigenvalue weighted by atomic mass is 16.3. The Hall–Kier alpha value is -1.16. The third kappa shape index (κ3) is 1.99. The lowest BCUT2D eigenvalue weighted by Gasteiger charge is -1.89. The molecule has 1 heterocycles. The second-order valence-electron chi connectivity index (χ2n) is 2.19. The second-order valence-corrected chi connectivity index (χ2v) is 2.19. The zero-order chi connectivity index (χ0) is 7.23. The van der Waals surface area contributed by atoms with E-state index < -0.39 is 0 Å². The molecule has 0 aromatic carbocycles. The molecule has 1 heteroatoms. The van der Waals surface area contributed by atoms with Gasteiger partial charge >= 0.3 is 0 Å². The summed E-state index contributed by atoms with van der Waals surface area (Å²) in [4.78, 5) is 0. The molecule has 0 bridgehead atoms. The predicted molar refractivity (Wildman–Crippen MR) is 40.5 cm³/mol. The summed E-state index contributed by atoms with van der Waals surface area (Å²) in [6, 6.07) is 1.97. The lowest BCUT2D eigenvalue weighted by molar-refractivity contribution is 0.563. The number of hydrogen-bond donors (Lipinski definition) is 0. The van der Waals surface area contributed by atoms with Gasteiger partial charge in [-0.3, -0.25) is 0 Å². The molecule has 1 aromatic heterocycles. The molecular weight excluding hydrogens is 124 g/mol. The summed E-state index contributed by atoms with van der Waals surface area (Å²) < 4.78 is 4.89. The fourth-order valence-corrected chi connectivity index (χ4v) is 0.829. The van der Waals surface area contributed by atoms with Gasteiger partial charge in [0.1, 0.15) is 0 Å². The van der Waals surface area contributed by atoms with E-state index in [1.165, 1.54) is 5.56 Å². The summed E-state index contributed by atoms with van der Waals surface area (Å²) in [5, 5.41) is 0. The molecule has 0 aliphatic carbocycles. The van der Waals surface area contributed by atoms with E-state index in [2.05, 4.69) is 5.92 Å². The Labute approximate surface area is 61.0 Å². The maximum atomic E-state index is 5.09. The maximum Gasteiger partial charge on any atom is 0.0934 e. The van der Waals surface area contributed by atoms with Crippen LogP contribution in [0.15, 0.2) is 23.0 Å². The molecule has 0 aliphatic rings. The van der Waals surface area contributed by atoms with Gasteiger partial charge in [0.05, 0.1) is 12.5 Å². The average molecular weight is 134 g/mol. The van der Waals surface area contributed by atoms with E-state index in [4.69, 9.17) is 10.8 Å². The van der Waals surface area contributed by atoms with Gasteiger partial charge in [-0.05, 0) is 24.5 Å². The average Bonchev–Trinajstić information content (AvgIpc) is 2.41. The van der Waals surface area contributed by atoms with E-state index in [9.17, 15) is 0 Å². The molecular formula is C9H10O. The van der Waals surface area contributed by atoms with Crippen molar-refractivity contribution in [2.24, 2.45) is 0 Å². The third-order valence-corrected chi connectivity index (χ3v) is 1.37. The zero-order valence-corrected chi connectivity index (χ0v) is 5.84. The first-order valence-electron chi connectivity index (χ1n) is 3.38. The number of furan rings is 1. The maximum absolute atomic E-state index is 5.09. The van der Waals surface area contributed by atoms with Crippen LogP contribution >= 0.6 is 0 Å². The summed E-state index contributed by atoms with van der Waals surface area (Å²) in [6.07, 6.45) is 11.5. The van der Waals surface area contributed by atoms with Gasteiger partial charge in [0.15, 0.2) is 0 Å². The van der Waals surface area contributed by atoms with Crippen LogP contribution in [0.1, 0.15) is 18.4 Å². The van der Waals surface area contributed by atoms with Crippen LogP contribution in [-0.4, -0.2) is 0 Å². The van der Waals surface area contributed by atoms with Crippen molar-refractivity contribution in [3.8, 4) is 12.3 Å². The Morgan fingerprint density at radius 1 is 1.60 bits per heavy atom. The molecule has 0 spiro atoms. The van der Waals surface area contributed by atoms with Gasteiger partial charge in [0, 0.05) is 6.42 Å². The molecule has 1 nitrogen and oxygen atoms in total. The van der Waals surface area contributed by atoms with Gasteiger partial charge in [-0.1, -0.05) is 0 Å². The third-order valence-electron chi connectivity index (χ3n) is 1.37. The van der Waals surface area contributed by atoms with Gasteiger partial charge in [-0.15, -0.1) is 12.3 Å². The molecule has 10 heavy (non-hydrogen) atoms. The van der Waals surface area contributed by atoms with Gasteiger partial charge in [0.2, 0.25) is 0 Å². The normalized spacial score (nSPS) is 9.10. The van der Waals surface area contributed by atoms with Gasteiger partial charge in [-0.2, -0.15) is 0 Å².